The second-order valence-corrected chi connectivity index (χ2v) is 5.38. The van der Waals surface area contributed by atoms with Crippen LogP contribution in [0.3, 0.4) is 0 Å². The highest BCUT2D eigenvalue weighted by Gasteiger charge is 2.30. The van der Waals surface area contributed by atoms with Crippen LogP contribution < -0.4 is 4.90 Å². The number of aryl methyl sites for hydroxylation is 1. The van der Waals surface area contributed by atoms with Crippen LogP contribution in [0.5, 0.6) is 0 Å². The molecule has 22 heavy (non-hydrogen) atoms. The average molecular weight is 300 g/mol. The van der Waals surface area contributed by atoms with Gasteiger partial charge in [0, 0.05) is 12.2 Å². The molecule has 2 aromatic rings. The Morgan fingerprint density at radius 3 is 2.82 bits per heavy atom. The Hall–Kier alpha value is -2.70. The number of para-hydroxylation sites is 1. The van der Waals surface area contributed by atoms with Gasteiger partial charge in [-0.05, 0) is 31.9 Å². The molecule has 0 aliphatic carbocycles. The van der Waals surface area contributed by atoms with Crippen LogP contribution in [-0.2, 0) is 11.2 Å². The fraction of sp³-hybridized carbons (Fsp3) is 0.333. The third kappa shape index (κ3) is 2.24. The molecular formula is C15H16N4O3. The molecule has 0 spiro atoms. The number of nitro groups is 1. The summed E-state index contributed by atoms with van der Waals surface area (Å²) >= 11 is 0. The van der Waals surface area contributed by atoms with Crippen LogP contribution in [0.25, 0.3) is 0 Å². The second kappa shape index (κ2) is 5.25. The van der Waals surface area contributed by atoms with Crippen LogP contribution in [0.1, 0.15) is 24.2 Å². The molecule has 1 atom stereocenters. The quantitative estimate of drug-likeness (QED) is 0.643. The van der Waals surface area contributed by atoms with Crippen molar-refractivity contribution >= 4 is 17.3 Å². The Morgan fingerprint density at radius 2 is 2.14 bits per heavy atom. The van der Waals surface area contributed by atoms with Gasteiger partial charge >= 0.3 is 5.69 Å². The van der Waals surface area contributed by atoms with Gasteiger partial charge in [-0.25, -0.2) is 0 Å². The zero-order valence-electron chi connectivity index (χ0n) is 12.4. The lowest BCUT2D eigenvalue weighted by molar-refractivity contribution is -0.385. The summed E-state index contributed by atoms with van der Waals surface area (Å²) in [6, 6.07) is 7.20. The number of rotatable bonds is 3. The predicted octanol–water partition coefficient (Wildman–Crippen LogP) is 2.25. The molecule has 0 bridgehead atoms. The van der Waals surface area contributed by atoms with E-state index < -0.39 is 11.0 Å². The Labute approximate surface area is 127 Å². The Kier molecular flexibility index (Phi) is 3.40. The molecule has 3 rings (SSSR count). The van der Waals surface area contributed by atoms with Gasteiger partial charge in [-0.15, -0.1) is 0 Å². The summed E-state index contributed by atoms with van der Waals surface area (Å²) in [7, 11) is 0. The molecule has 0 saturated carbocycles. The lowest BCUT2D eigenvalue weighted by Gasteiger charge is -2.21. The van der Waals surface area contributed by atoms with E-state index in [1.165, 1.54) is 10.9 Å². The molecule has 1 aromatic carbocycles. The first-order chi connectivity index (χ1) is 10.5. The monoisotopic (exact) mass is 300 g/mol. The minimum absolute atomic E-state index is 0.0681. The molecule has 0 unspecified atom stereocenters. The first-order valence-corrected chi connectivity index (χ1v) is 7.08. The maximum Gasteiger partial charge on any atom is 0.309 e. The Bertz CT molecular complexity index is 753. The van der Waals surface area contributed by atoms with E-state index >= 15 is 0 Å². The summed E-state index contributed by atoms with van der Waals surface area (Å²) in [5, 5.41) is 15.0. The lowest BCUT2D eigenvalue weighted by Crippen LogP contribution is -2.35. The maximum absolute atomic E-state index is 12.7. The van der Waals surface area contributed by atoms with E-state index in [4.69, 9.17) is 0 Å². The molecule has 0 saturated heterocycles. The van der Waals surface area contributed by atoms with Gasteiger partial charge in [-0.2, -0.15) is 5.10 Å². The number of aromatic nitrogens is 2. The summed E-state index contributed by atoms with van der Waals surface area (Å²) in [6.07, 6.45) is 2.15. The van der Waals surface area contributed by atoms with Crippen molar-refractivity contribution in [1.82, 2.24) is 9.78 Å². The van der Waals surface area contributed by atoms with Crippen LogP contribution in [-0.4, -0.2) is 27.2 Å². The molecule has 1 aliphatic rings. The SMILES string of the molecule is Cc1nn([C@@H](C)C(=O)N2CCc3ccccc32)cc1[N+](=O)[O-]. The van der Waals surface area contributed by atoms with Crippen molar-refractivity contribution in [2.45, 2.75) is 26.3 Å². The number of carbonyl (C=O) groups is 1. The van der Waals surface area contributed by atoms with Gasteiger partial charge < -0.3 is 4.90 Å². The highest BCUT2D eigenvalue weighted by Crippen LogP contribution is 2.30. The molecule has 7 heteroatoms. The fourth-order valence-electron chi connectivity index (χ4n) is 2.76. The number of fused-ring (bicyclic) bond motifs is 1. The van der Waals surface area contributed by atoms with Gasteiger partial charge in [0.1, 0.15) is 17.9 Å². The van der Waals surface area contributed by atoms with E-state index in [0.717, 1.165) is 17.7 Å². The minimum Gasteiger partial charge on any atom is -0.310 e. The summed E-state index contributed by atoms with van der Waals surface area (Å²) in [6.45, 7) is 3.90. The molecule has 1 aliphatic heterocycles. The van der Waals surface area contributed by atoms with Crippen molar-refractivity contribution in [2.75, 3.05) is 11.4 Å². The maximum atomic E-state index is 12.7. The summed E-state index contributed by atoms with van der Waals surface area (Å²) in [5.74, 6) is -0.109. The lowest BCUT2D eigenvalue weighted by atomic mass is 10.2. The summed E-state index contributed by atoms with van der Waals surface area (Å²) in [5.41, 5.74) is 2.30. The molecular weight excluding hydrogens is 284 g/mol. The molecule has 0 N–H and O–H groups in total. The third-order valence-corrected chi connectivity index (χ3v) is 3.99. The predicted molar refractivity (Wildman–Crippen MR) is 80.8 cm³/mol. The highest BCUT2D eigenvalue weighted by molar-refractivity contribution is 5.97. The average Bonchev–Trinajstić information content (AvgIpc) is 3.09. The normalized spacial score (nSPS) is 14.7. The van der Waals surface area contributed by atoms with Crippen LogP contribution in [0, 0.1) is 17.0 Å². The topological polar surface area (TPSA) is 81.3 Å². The van der Waals surface area contributed by atoms with Crippen molar-refractivity contribution < 1.29 is 9.72 Å². The largest absolute Gasteiger partial charge is 0.310 e. The molecule has 0 fully saturated rings. The number of hydrogen-bond donors (Lipinski definition) is 0. The third-order valence-electron chi connectivity index (χ3n) is 3.99. The zero-order valence-corrected chi connectivity index (χ0v) is 12.4. The molecule has 114 valence electrons. The van der Waals surface area contributed by atoms with Crippen molar-refractivity contribution in [1.29, 1.82) is 0 Å². The van der Waals surface area contributed by atoms with Gasteiger partial charge in [0.15, 0.2) is 0 Å². The van der Waals surface area contributed by atoms with Gasteiger partial charge in [0.05, 0.1) is 4.92 Å². The summed E-state index contributed by atoms with van der Waals surface area (Å²) < 4.78 is 1.37. The van der Waals surface area contributed by atoms with E-state index in [9.17, 15) is 14.9 Å². The minimum atomic E-state index is -0.585. The number of carbonyl (C=O) groups excluding carboxylic acids is 1. The van der Waals surface area contributed by atoms with Gasteiger partial charge in [-0.3, -0.25) is 19.6 Å². The smallest absolute Gasteiger partial charge is 0.309 e. The van der Waals surface area contributed by atoms with Crippen molar-refractivity contribution in [2.24, 2.45) is 0 Å². The van der Waals surface area contributed by atoms with Crippen LogP contribution in [0.15, 0.2) is 30.5 Å². The first kappa shape index (κ1) is 14.2. The van der Waals surface area contributed by atoms with Gasteiger partial charge in [0.25, 0.3) is 5.91 Å². The van der Waals surface area contributed by atoms with E-state index in [1.807, 2.05) is 24.3 Å². The van der Waals surface area contributed by atoms with Crippen molar-refractivity contribution in [3.8, 4) is 0 Å². The molecule has 1 aromatic heterocycles. The highest BCUT2D eigenvalue weighted by atomic mass is 16.6. The Morgan fingerprint density at radius 1 is 1.41 bits per heavy atom. The standard InChI is InChI=1S/C15H16N4O3/c1-10-14(19(21)22)9-18(16-10)11(2)15(20)17-8-7-12-5-3-4-6-13(12)17/h3-6,9,11H,7-8H2,1-2H3/t11-/m0/s1. The number of benzene rings is 1. The molecule has 7 nitrogen and oxygen atoms in total. The van der Waals surface area contributed by atoms with Crippen molar-refractivity contribution in [3.63, 3.8) is 0 Å². The zero-order chi connectivity index (χ0) is 15.9. The van der Waals surface area contributed by atoms with E-state index in [1.54, 1.807) is 18.7 Å². The number of hydrogen-bond acceptors (Lipinski definition) is 4. The van der Waals surface area contributed by atoms with E-state index in [-0.39, 0.29) is 11.6 Å². The van der Waals surface area contributed by atoms with Crippen LogP contribution in [0.4, 0.5) is 11.4 Å². The number of nitrogens with zero attached hydrogens (tertiary/aromatic N) is 4. The van der Waals surface area contributed by atoms with E-state index in [2.05, 4.69) is 5.10 Å². The second-order valence-electron chi connectivity index (χ2n) is 5.38. The van der Waals surface area contributed by atoms with Crippen LogP contribution >= 0.6 is 0 Å². The fourth-order valence-corrected chi connectivity index (χ4v) is 2.76. The van der Waals surface area contributed by atoms with Gasteiger partial charge in [0.2, 0.25) is 0 Å². The molecule has 2 heterocycles. The molecule has 0 radical (unpaired) electrons. The first-order valence-electron chi connectivity index (χ1n) is 7.08. The summed E-state index contributed by atoms with van der Waals surface area (Å²) in [4.78, 5) is 24.8. The number of anilines is 1. The van der Waals surface area contributed by atoms with Crippen molar-refractivity contribution in [3.05, 3.63) is 51.8 Å². The van der Waals surface area contributed by atoms with E-state index in [0.29, 0.717) is 12.2 Å². The van der Waals surface area contributed by atoms with Crippen LogP contribution in [0.2, 0.25) is 0 Å². The number of amides is 1. The molecule has 1 amide bonds. The Balaban J connectivity index is 1.87. The van der Waals surface area contributed by atoms with Gasteiger partial charge in [-0.1, -0.05) is 18.2 Å².